The summed E-state index contributed by atoms with van der Waals surface area (Å²) in [7, 11) is -4.03. The molecule has 0 heterocycles. The molecule has 0 saturated carbocycles. The predicted molar refractivity (Wildman–Crippen MR) is 167 cm³/mol. The number of nitrogens with zero attached hydrogens (tertiary/aromatic N) is 2. The molecule has 7 nitrogen and oxygen atoms in total. The van der Waals surface area contributed by atoms with Crippen molar-refractivity contribution in [3.8, 4) is 0 Å². The molecule has 0 aromatic heterocycles. The van der Waals surface area contributed by atoms with Crippen molar-refractivity contribution in [3.63, 3.8) is 0 Å². The standard InChI is InChI=1S/C29H31Cl4N3O4S/c1-4-19(2)34-29(38)27(14-20-9-6-5-7-10-20)35(17-21-11-8-12-22(30)13-21)28(37)18-36(41(3,39)40)26-16-24(32)23(31)15-25(26)33/h5-13,15-16,19,27H,4,14,17-18H2,1-3H3,(H,34,38). The van der Waals surface area contributed by atoms with Crippen molar-refractivity contribution in [2.45, 2.75) is 45.3 Å². The molecule has 0 fully saturated rings. The second kappa shape index (κ2) is 14.6. The lowest BCUT2D eigenvalue weighted by Gasteiger charge is -2.34. The molecule has 41 heavy (non-hydrogen) atoms. The fourth-order valence-electron chi connectivity index (χ4n) is 4.13. The van der Waals surface area contributed by atoms with Crippen LogP contribution in [0.5, 0.6) is 0 Å². The quantitative estimate of drug-likeness (QED) is 0.222. The summed E-state index contributed by atoms with van der Waals surface area (Å²) < 4.78 is 26.7. The van der Waals surface area contributed by atoms with Gasteiger partial charge < -0.3 is 10.2 Å². The minimum atomic E-state index is -4.03. The molecule has 0 bridgehead atoms. The summed E-state index contributed by atoms with van der Waals surface area (Å²) in [4.78, 5) is 29.2. The van der Waals surface area contributed by atoms with Crippen molar-refractivity contribution in [2.24, 2.45) is 0 Å². The number of halogens is 4. The zero-order valence-electron chi connectivity index (χ0n) is 22.8. The maximum Gasteiger partial charge on any atom is 0.244 e. The first-order chi connectivity index (χ1) is 19.3. The number of carbonyl (C=O) groups is 2. The summed E-state index contributed by atoms with van der Waals surface area (Å²) >= 11 is 24.8. The molecule has 1 N–H and O–H groups in total. The van der Waals surface area contributed by atoms with Gasteiger partial charge in [0, 0.05) is 24.0 Å². The number of rotatable bonds is 12. The van der Waals surface area contributed by atoms with Gasteiger partial charge in [0.2, 0.25) is 21.8 Å². The van der Waals surface area contributed by atoms with E-state index in [1.54, 1.807) is 24.3 Å². The van der Waals surface area contributed by atoms with Gasteiger partial charge in [-0.3, -0.25) is 13.9 Å². The third-order valence-corrected chi connectivity index (χ3v) is 8.84. The maximum atomic E-state index is 14.1. The van der Waals surface area contributed by atoms with Crippen LogP contribution >= 0.6 is 46.4 Å². The Morgan fingerprint density at radius 3 is 2.12 bits per heavy atom. The lowest BCUT2D eigenvalue weighted by molar-refractivity contribution is -0.140. The van der Waals surface area contributed by atoms with Gasteiger partial charge in [0.15, 0.2) is 0 Å². The Bertz CT molecular complexity index is 1490. The number of benzene rings is 3. The number of hydrogen-bond donors (Lipinski definition) is 1. The van der Waals surface area contributed by atoms with Crippen LogP contribution in [0.2, 0.25) is 20.1 Å². The van der Waals surface area contributed by atoms with Gasteiger partial charge in [-0.05, 0) is 48.7 Å². The van der Waals surface area contributed by atoms with Crippen LogP contribution in [0.3, 0.4) is 0 Å². The molecule has 0 aliphatic rings. The molecule has 3 aromatic rings. The molecular formula is C29H31Cl4N3O4S. The molecule has 2 amide bonds. The van der Waals surface area contributed by atoms with E-state index in [1.807, 2.05) is 44.2 Å². The van der Waals surface area contributed by atoms with E-state index in [0.29, 0.717) is 17.0 Å². The molecule has 0 spiro atoms. The van der Waals surface area contributed by atoms with Gasteiger partial charge in [-0.2, -0.15) is 0 Å². The summed E-state index contributed by atoms with van der Waals surface area (Å²) in [6.07, 6.45) is 1.84. The average molecular weight is 659 g/mol. The van der Waals surface area contributed by atoms with E-state index in [0.717, 1.165) is 16.1 Å². The molecule has 0 aliphatic carbocycles. The van der Waals surface area contributed by atoms with Gasteiger partial charge in [-0.25, -0.2) is 8.42 Å². The van der Waals surface area contributed by atoms with Crippen LogP contribution in [-0.4, -0.2) is 50.0 Å². The monoisotopic (exact) mass is 657 g/mol. The van der Waals surface area contributed by atoms with Crippen molar-refractivity contribution in [2.75, 3.05) is 17.1 Å². The molecule has 3 rings (SSSR count). The first-order valence-corrected chi connectivity index (χ1v) is 16.2. The SMILES string of the molecule is CCC(C)NC(=O)C(Cc1ccccc1)N(Cc1cccc(Cl)c1)C(=O)CN(c1cc(Cl)c(Cl)cc1Cl)S(C)(=O)=O. The van der Waals surface area contributed by atoms with E-state index in [2.05, 4.69) is 5.32 Å². The molecule has 2 atom stereocenters. The Labute approximate surface area is 261 Å². The van der Waals surface area contributed by atoms with Crippen molar-refractivity contribution in [3.05, 3.63) is 97.9 Å². The summed E-state index contributed by atoms with van der Waals surface area (Å²) in [5, 5.41) is 3.63. The summed E-state index contributed by atoms with van der Waals surface area (Å²) in [6.45, 7) is 3.17. The van der Waals surface area contributed by atoms with Crippen molar-refractivity contribution >= 4 is 73.9 Å². The molecule has 2 unspecified atom stereocenters. The molecule has 0 radical (unpaired) electrons. The van der Waals surface area contributed by atoms with Crippen LogP contribution in [0.4, 0.5) is 5.69 Å². The fraction of sp³-hybridized carbons (Fsp3) is 0.310. The van der Waals surface area contributed by atoms with Crippen LogP contribution in [0, 0.1) is 0 Å². The predicted octanol–water partition coefficient (Wildman–Crippen LogP) is 6.62. The third-order valence-electron chi connectivity index (χ3n) is 6.45. The average Bonchev–Trinajstić information content (AvgIpc) is 2.91. The highest BCUT2D eigenvalue weighted by atomic mass is 35.5. The molecule has 220 valence electrons. The van der Waals surface area contributed by atoms with Gasteiger partial charge in [-0.1, -0.05) is 95.8 Å². The lowest BCUT2D eigenvalue weighted by Crippen LogP contribution is -2.54. The Kier molecular flexibility index (Phi) is 11.8. The summed E-state index contributed by atoms with van der Waals surface area (Å²) in [5.74, 6) is -0.991. The normalized spacial score (nSPS) is 12.9. The molecular weight excluding hydrogens is 628 g/mol. The van der Waals surface area contributed by atoms with E-state index in [-0.39, 0.29) is 45.7 Å². The largest absolute Gasteiger partial charge is 0.352 e. The molecule has 3 aromatic carbocycles. The van der Waals surface area contributed by atoms with E-state index < -0.39 is 28.5 Å². The maximum absolute atomic E-state index is 14.1. The second-order valence-corrected chi connectivity index (χ2v) is 13.2. The lowest BCUT2D eigenvalue weighted by atomic mass is 10.0. The summed E-state index contributed by atoms with van der Waals surface area (Å²) in [6, 6.07) is 17.7. The zero-order valence-corrected chi connectivity index (χ0v) is 26.6. The highest BCUT2D eigenvalue weighted by Crippen LogP contribution is 2.35. The third kappa shape index (κ3) is 9.25. The zero-order chi connectivity index (χ0) is 30.3. The van der Waals surface area contributed by atoms with Crippen molar-refractivity contribution in [1.29, 1.82) is 0 Å². The highest BCUT2D eigenvalue weighted by Gasteiger charge is 2.34. The van der Waals surface area contributed by atoms with Crippen LogP contribution in [0.25, 0.3) is 0 Å². The first-order valence-electron chi connectivity index (χ1n) is 12.8. The minimum Gasteiger partial charge on any atom is -0.352 e. The number of sulfonamides is 1. The number of nitrogens with one attached hydrogen (secondary N) is 1. The van der Waals surface area contributed by atoms with E-state index in [4.69, 9.17) is 46.4 Å². The topological polar surface area (TPSA) is 86.8 Å². The molecule has 12 heteroatoms. The molecule has 0 aliphatic heterocycles. The first kappa shape index (κ1) is 33.0. The minimum absolute atomic E-state index is 0.00245. The Hall–Kier alpha value is -2.49. The van der Waals surface area contributed by atoms with Gasteiger partial charge in [-0.15, -0.1) is 0 Å². The van der Waals surface area contributed by atoms with E-state index >= 15 is 0 Å². The van der Waals surface area contributed by atoms with Crippen LogP contribution in [0.1, 0.15) is 31.4 Å². The van der Waals surface area contributed by atoms with Crippen molar-refractivity contribution < 1.29 is 18.0 Å². The van der Waals surface area contributed by atoms with E-state index in [9.17, 15) is 18.0 Å². The van der Waals surface area contributed by atoms with Gasteiger partial charge in [0.25, 0.3) is 0 Å². The number of amides is 2. The van der Waals surface area contributed by atoms with Crippen LogP contribution in [0.15, 0.2) is 66.7 Å². The number of anilines is 1. The highest BCUT2D eigenvalue weighted by molar-refractivity contribution is 7.92. The smallest absolute Gasteiger partial charge is 0.244 e. The van der Waals surface area contributed by atoms with Crippen molar-refractivity contribution in [1.82, 2.24) is 10.2 Å². The van der Waals surface area contributed by atoms with E-state index in [1.165, 1.54) is 17.0 Å². The van der Waals surface area contributed by atoms with Crippen LogP contribution in [-0.2, 0) is 32.6 Å². The Morgan fingerprint density at radius 2 is 1.51 bits per heavy atom. The van der Waals surface area contributed by atoms with Gasteiger partial charge >= 0.3 is 0 Å². The fourth-order valence-corrected chi connectivity index (χ4v) is 5.88. The van der Waals surface area contributed by atoms with Gasteiger partial charge in [0.05, 0.1) is 27.0 Å². The van der Waals surface area contributed by atoms with Crippen LogP contribution < -0.4 is 9.62 Å². The number of hydrogen-bond acceptors (Lipinski definition) is 4. The van der Waals surface area contributed by atoms with Gasteiger partial charge in [0.1, 0.15) is 12.6 Å². The number of carbonyl (C=O) groups excluding carboxylic acids is 2. The Morgan fingerprint density at radius 1 is 0.878 bits per heavy atom. The molecule has 0 saturated heterocycles. The second-order valence-electron chi connectivity index (χ2n) is 9.66. The Balaban J connectivity index is 2.10. The summed E-state index contributed by atoms with van der Waals surface area (Å²) in [5.41, 5.74) is 1.48.